The third-order valence-electron chi connectivity index (χ3n) is 4.47. The van der Waals surface area contributed by atoms with E-state index in [2.05, 4.69) is 0 Å². The summed E-state index contributed by atoms with van der Waals surface area (Å²) in [4.78, 5) is 28.9. The summed E-state index contributed by atoms with van der Waals surface area (Å²) in [5.41, 5.74) is 1.97. The Morgan fingerprint density at radius 2 is 1.69 bits per heavy atom. The maximum Gasteiger partial charge on any atom is 0.295 e. The standard InChI is InChI=1S/C18H19Cl3N2O2S/c1-12-5-7-13(8-6-12)11-14-15(24)23(17(25)26-14)16(18(19,20)21)22-9-3-2-4-10-22/h5-8,11,16H,2-4,9-10H2,1H3. The van der Waals surface area contributed by atoms with Crippen LogP contribution in [0.5, 0.6) is 0 Å². The molecule has 0 aliphatic carbocycles. The number of hydrogen-bond acceptors (Lipinski definition) is 4. The summed E-state index contributed by atoms with van der Waals surface area (Å²) in [5, 5.41) is -0.407. The fraction of sp³-hybridized carbons (Fsp3) is 0.444. The monoisotopic (exact) mass is 432 g/mol. The van der Waals surface area contributed by atoms with Crippen molar-refractivity contribution >= 4 is 63.8 Å². The van der Waals surface area contributed by atoms with Crippen LogP contribution in [-0.4, -0.2) is 44.0 Å². The molecule has 0 bridgehead atoms. The number of imide groups is 1. The van der Waals surface area contributed by atoms with Gasteiger partial charge in [-0.15, -0.1) is 0 Å². The number of piperidine rings is 1. The van der Waals surface area contributed by atoms with Gasteiger partial charge >= 0.3 is 0 Å². The summed E-state index contributed by atoms with van der Waals surface area (Å²) in [6.07, 6.45) is 3.80. The molecule has 3 rings (SSSR count). The molecule has 2 saturated heterocycles. The van der Waals surface area contributed by atoms with Crippen molar-refractivity contribution in [1.29, 1.82) is 0 Å². The molecule has 2 amide bonds. The number of nitrogens with zero attached hydrogens (tertiary/aromatic N) is 2. The first-order valence-corrected chi connectivity index (χ1v) is 10.4. The van der Waals surface area contributed by atoms with E-state index >= 15 is 0 Å². The van der Waals surface area contributed by atoms with Crippen LogP contribution in [0.25, 0.3) is 6.08 Å². The quantitative estimate of drug-likeness (QED) is 0.484. The van der Waals surface area contributed by atoms with E-state index in [-0.39, 0.29) is 0 Å². The molecule has 26 heavy (non-hydrogen) atoms. The Hall–Kier alpha value is -0.720. The number of thioether (sulfide) groups is 1. The molecule has 0 saturated carbocycles. The molecule has 2 aliphatic heterocycles. The molecule has 0 N–H and O–H groups in total. The molecule has 4 nitrogen and oxygen atoms in total. The number of amides is 2. The smallest absolute Gasteiger partial charge is 0.279 e. The molecule has 2 aliphatic rings. The number of halogens is 3. The van der Waals surface area contributed by atoms with Crippen LogP contribution >= 0.6 is 46.6 Å². The van der Waals surface area contributed by atoms with Crippen LogP contribution in [0.1, 0.15) is 30.4 Å². The molecule has 0 aromatic heterocycles. The first-order chi connectivity index (χ1) is 12.3. The van der Waals surface area contributed by atoms with Crippen LogP contribution in [0, 0.1) is 6.92 Å². The predicted molar refractivity (Wildman–Crippen MR) is 108 cm³/mol. The molecule has 2 fully saturated rings. The molecule has 140 valence electrons. The van der Waals surface area contributed by atoms with Crippen LogP contribution in [0.3, 0.4) is 0 Å². The fourth-order valence-electron chi connectivity index (χ4n) is 3.18. The van der Waals surface area contributed by atoms with Crippen molar-refractivity contribution in [2.45, 2.75) is 36.1 Å². The maximum absolute atomic E-state index is 12.9. The molecule has 0 radical (unpaired) electrons. The maximum atomic E-state index is 12.9. The number of benzene rings is 1. The molecule has 1 unspecified atom stereocenters. The number of carbonyl (C=O) groups is 2. The summed E-state index contributed by atoms with van der Waals surface area (Å²) < 4.78 is -1.78. The minimum absolute atomic E-state index is 0.343. The normalized spacial score (nSPS) is 22.3. The van der Waals surface area contributed by atoms with Crippen molar-refractivity contribution in [1.82, 2.24) is 9.80 Å². The highest BCUT2D eigenvalue weighted by Crippen LogP contribution is 2.42. The van der Waals surface area contributed by atoms with Crippen molar-refractivity contribution in [3.8, 4) is 0 Å². The number of rotatable bonds is 3. The van der Waals surface area contributed by atoms with Crippen molar-refractivity contribution in [3.05, 3.63) is 40.3 Å². The lowest BCUT2D eigenvalue weighted by Gasteiger charge is -2.41. The van der Waals surface area contributed by atoms with Gasteiger partial charge < -0.3 is 0 Å². The Labute approximate surface area is 172 Å². The highest BCUT2D eigenvalue weighted by atomic mass is 35.6. The number of likely N-dealkylation sites (tertiary alicyclic amines) is 1. The van der Waals surface area contributed by atoms with Gasteiger partial charge in [-0.3, -0.25) is 14.5 Å². The van der Waals surface area contributed by atoms with Crippen LogP contribution in [0.4, 0.5) is 4.79 Å². The van der Waals surface area contributed by atoms with E-state index in [1.165, 1.54) is 0 Å². The minimum Gasteiger partial charge on any atom is -0.279 e. The number of hydrogen-bond donors (Lipinski definition) is 0. The van der Waals surface area contributed by atoms with E-state index in [9.17, 15) is 9.59 Å². The molecule has 2 heterocycles. The van der Waals surface area contributed by atoms with E-state index in [4.69, 9.17) is 34.8 Å². The zero-order valence-electron chi connectivity index (χ0n) is 14.3. The van der Waals surface area contributed by atoms with Crippen LogP contribution < -0.4 is 0 Å². The van der Waals surface area contributed by atoms with Crippen LogP contribution in [-0.2, 0) is 4.79 Å². The van der Waals surface area contributed by atoms with E-state index in [0.29, 0.717) is 18.0 Å². The lowest BCUT2D eigenvalue weighted by molar-refractivity contribution is -0.127. The van der Waals surface area contributed by atoms with E-state index in [0.717, 1.165) is 47.1 Å². The van der Waals surface area contributed by atoms with Crippen molar-refractivity contribution in [3.63, 3.8) is 0 Å². The lowest BCUT2D eigenvalue weighted by atomic mass is 10.1. The number of alkyl halides is 3. The molecular formula is C18H19Cl3N2O2S. The summed E-state index contributed by atoms with van der Waals surface area (Å²) in [6, 6.07) is 7.71. The van der Waals surface area contributed by atoms with Crippen LogP contribution in [0.15, 0.2) is 29.2 Å². The highest BCUT2D eigenvalue weighted by molar-refractivity contribution is 8.18. The molecular weight excluding hydrogens is 415 g/mol. The van der Waals surface area contributed by atoms with E-state index < -0.39 is 21.1 Å². The van der Waals surface area contributed by atoms with Gasteiger partial charge in [-0.1, -0.05) is 71.1 Å². The second-order valence-electron chi connectivity index (χ2n) is 6.47. The Balaban J connectivity index is 1.89. The lowest BCUT2D eigenvalue weighted by Crippen LogP contribution is -2.58. The Morgan fingerprint density at radius 3 is 2.27 bits per heavy atom. The summed E-state index contributed by atoms with van der Waals surface area (Å²) in [7, 11) is 0. The van der Waals surface area contributed by atoms with Gasteiger partial charge in [-0.2, -0.15) is 0 Å². The average Bonchev–Trinajstić information content (AvgIpc) is 2.85. The van der Waals surface area contributed by atoms with Crippen molar-refractivity contribution in [2.24, 2.45) is 0 Å². The average molecular weight is 434 g/mol. The van der Waals surface area contributed by atoms with Gasteiger partial charge in [-0.05, 0) is 43.2 Å². The van der Waals surface area contributed by atoms with Gasteiger partial charge in [0.1, 0.15) is 6.17 Å². The van der Waals surface area contributed by atoms with Gasteiger partial charge in [0, 0.05) is 13.1 Å². The Kier molecular flexibility index (Phi) is 6.25. The highest BCUT2D eigenvalue weighted by Gasteiger charge is 2.50. The Bertz CT molecular complexity index is 725. The zero-order chi connectivity index (χ0) is 18.9. The fourth-order valence-corrected chi connectivity index (χ4v) is 4.74. The molecule has 0 spiro atoms. The van der Waals surface area contributed by atoms with Gasteiger partial charge in [0.2, 0.25) is 3.79 Å². The largest absolute Gasteiger partial charge is 0.295 e. The van der Waals surface area contributed by atoms with Crippen molar-refractivity contribution < 1.29 is 9.59 Å². The number of aryl methyl sites for hydroxylation is 1. The topological polar surface area (TPSA) is 40.6 Å². The summed E-state index contributed by atoms with van der Waals surface area (Å²) in [5.74, 6) is -0.414. The van der Waals surface area contributed by atoms with E-state index in [1.54, 1.807) is 6.08 Å². The first-order valence-electron chi connectivity index (χ1n) is 8.42. The van der Waals surface area contributed by atoms with Crippen LogP contribution in [0.2, 0.25) is 0 Å². The predicted octanol–water partition coefficient (Wildman–Crippen LogP) is 5.21. The van der Waals surface area contributed by atoms with Gasteiger partial charge in [0.05, 0.1) is 4.91 Å². The third kappa shape index (κ3) is 4.39. The molecule has 1 atom stereocenters. The van der Waals surface area contributed by atoms with Gasteiger partial charge in [-0.25, -0.2) is 4.90 Å². The van der Waals surface area contributed by atoms with Gasteiger partial charge in [0.25, 0.3) is 11.1 Å². The molecule has 1 aromatic carbocycles. The first kappa shape index (κ1) is 20.0. The van der Waals surface area contributed by atoms with Gasteiger partial charge in [0.15, 0.2) is 0 Å². The SMILES string of the molecule is Cc1ccc(C=C2SC(=O)N(C(N3CCCCC3)C(Cl)(Cl)Cl)C2=O)cc1. The van der Waals surface area contributed by atoms with E-state index in [1.807, 2.05) is 36.1 Å². The Morgan fingerprint density at radius 1 is 1.08 bits per heavy atom. The third-order valence-corrected chi connectivity index (χ3v) is 5.94. The summed E-state index contributed by atoms with van der Waals surface area (Å²) >= 11 is 19.4. The number of carbonyl (C=O) groups excluding carboxylic acids is 2. The summed E-state index contributed by atoms with van der Waals surface area (Å²) in [6.45, 7) is 3.37. The molecule has 8 heteroatoms. The minimum atomic E-state index is -1.78. The zero-order valence-corrected chi connectivity index (χ0v) is 17.3. The van der Waals surface area contributed by atoms with Crippen molar-refractivity contribution in [2.75, 3.05) is 13.1 Å². The second-order valence-corrected chi connectivity index (χ2v) is 9.84. The second kappa shape index (κ2) is 8.11. The molecule has 1 aromatic rings.